The Morgan fingerprint density at radius 3 is 2.30 bits per heavy atom. The maximum Gasteiger partial charge on any atom is 0.305 e. The van der Waals surface area contributed by atoms with Crippen LogP contribution in [-0.2, 0) is 23.0 Å². The van der Waals surface area contributed by atoms with Crippen molar-refractivity contribution in [3.05, 3.63) is 50.8 Å². The molecule has 0 fully saturated rings. The highest BCUT2D eigenvalue weighted by Crippen LogP contribution is 2.16. The van der Waals surface area contributed by atoms with E-state index in [4.69, 9.17) is 0 Å². The number of nitrogens with one attached hydrogen (secondary N) is 2. The second kappa shape index (κ2) is 5.90. The standard InChI is InChI=1S/C13H16N2O3S2/c1-3-10-4-6-11(7-5-10)8-14-20(17,18)12-9(2)15-13(16)19-12/h4-7,14H,3,8H2,1-2H3,(H,15,16). The maximum absolute atomic E-state index is 12.1. The number of H-pyrrole nitrogens is 1. The van der Waals surface area contributed by atoms with Gasteiger partial charge in [0.2, 0.25) is 0 Å². The summed E-state index contributed by atoms with van der Waals surface area (Å²) >= 11 is 0.701. The summed E-state index contributed by atoms with van der Waals surface area (Å²) in [6.07, 6.45) is 0.947. The van der Waals surface area contributed by atoms with Crippen LogP contribution < -0.4 is 9.60 Å². The van der Waals surface area contributed by atoms with Crippen LogP contribution >= 0.6 is 11.3 Å². The predicted molar refractivity (Wildman–Crippen MR) is 79.5 cm³/mol. The Kier molecular flexibility index (Phi) is 4.42. The van der Waals surface area contributed by atoms with E-state index in [1.54, 1.807) is 6.92 Å². The Morgan fingerprint density at radius 2 is 1.80 bits per heavy atom. The Hall–Kier alpha value is -1.44. The number of hydrogen-bond donors (Lipinski definition) is 2. The van der Waals surface area contributed by atoms with Crippen LogP contribution in [0.2, 0.25) is 0 Å². The number of rotatable bonds is 5. The minimum Gasteiger partial charge on any atom is -0.315 e. The number of sulfonamides is 1. The van der Waals surface area contributed by atoms with Crippen molar-refractivity contribution >= 4 is 21.4 Å². The van der Waals surface area contributed by atoms with Crippen LogP contribution in [0.15, 0.2) is 33.3 Å². The Morgan fingerprint density at radius 1 is 1.20 bits per heavy atom. The summed E-state index contributed by atoms with van der Waals surface area (Å²) in [6, 6.07) is 7.74. The van der Waals surface area contributed by atoms with Gasteiger partial charge in [0.1, 0.15) is 0 Å². The normalized spacial score (nSPS) is 11.7. The molecule has 0 aliphatic carbocycles. The number of thiazole rings is 1. The molecule has 2 N–H and O–H groups in total. The second-order valence-electron chi connectivity index (χ2n) is 4.42. The molecule has 0 aliphatic rings. The van der Waals surface area contributed by atoms with Gasteiger partial charge in [-0.15, -0.1) is 0 Å². The van der Waals surface area contributed by atoms with Crippen LogP contribution in [0.3, 0.4) is 0 Å². The number of aromatic amines is 1. The molecule has 0 radical (unpaired) electrons. The Balaban J connectivity index is 2.12. The number of hydrogen-bond acceptors (Lipinski definition) is 4. The third-order valence-electron chi connectivity index (χ3n) is 2.92. The molecule has 0 aliphatic heterocycles. The summed E-state index contributed by atoms with van der Waals surface area (Å²) in [7, 11) is -3.65. The molecule has 20 heavy (non-hydrogen) atoms. The number of benzene rings is 1. The highest BCUT2D eigenvalue weighted by molar-refractivity contribution is 7.91. The van der Waals surface area contributed by atoms with Crippen molar-refractivity contribution in [1.82, 2.24) is 9.71 Å². The van der Waals surface area contributed by atoms with Gasteiger partial charge in [-0.1, -0.05) is 42.5 Å². The zero-order chi connectivity index (χ0) is 14.8. The van der Waals surface area contributed by atoms with E-state index in [2.05, 4.69) is 16.6 Å². The molecule has 2 aromatic rings. The van der Waals surface area contributed by atoms with Crippen molar-refractivity contribution in [2.45, 2.75) is 31.0 Å². The lowest BCUT2D eigenvalue weighted by atomic mass is 10.1. The third-order valence-corrected chi connectivity index (χ3v) is 5.93. The molecule has 0 saturated carbocycles. The maximum atomic E-state index is 12.1. The van der Waals surface area contributed by atoms with Gasteiger partial charge < -0.3 is 4.98 Å². The van der Waals surface area contributed by atoms with Gasteiger partial charge in [-0.05, 0) is 24.5 Å². The lowest BCUT2D eigenvalue weighted by molar-refractivity contribution is 0.582. The number of aryl methyl sites for hydroxylation is 2. The van der Waals surface area contributed by atoms with Crippen LogP contribution in [0.1, 0.15) is 23.7 Å². The molecule has 1 heterocycles. The molecular weight excluding hydrogens is 296 g/mol. The fourth-order valence-electron chi connectivity index (χ4n) is 1.78. The molecule has 0 atom stereocenters. The van der Waals surface area contributed by atoms with Crippen LogP contribution in [0.4, 0.5) is 0 Å². The molecule has 0 unspecified atom stereocenters. The molecule has 7 heteroatoms. The zero-order valence-corrected chi connectivity index (χ0v) is 12.9. The van der Waals surface area contributed by atoms with Gasteiger partial charge in [-0.2, -0.15) is 0 Å². The summed E-state index contributed by atoms with van der Waals surface area (Å²) in [4.78, 5) is 13.3. The number of aromatic nitrogens is 1. The van der Waals surface area contributed by atoms with Gasteiger partial charge in [-0.25, -0.2) is 13.1 Å². The minimum absolute atomic E-state index is 0.0488. The van der Waals surface area contributed by atoms with E-state index < -0.39 is 10.0 Å². The highest BCUT2D eigenvalue weighted by Gasteiger charge is 2.19. The summed E-state index contributed by atoms with van der Waals surface area (Å²) in [5.74, 6) is 0. The van der Waals surface area contributed by atoms with Crippen LogP contribution in [-0.4, -0.2) is 13.4 Å². The predicted octanol–water partition coefficient (Wildman–Crippen LogP) is 1.79. The van der Waals surface area contributed by atoms with E-state index in [9.17, 15) is 13.2 Å². The molecule has 108 valence electrons. The van der Waals surface area contributed by atoms with Crippen molar-refractivity contribution in [1.29, 1.82) is 0 Å². The monoisotopic (exact) mass is 312 g/mol. The van der Waals surface area contributed by atoms with Crippen molar-refractivity contribution in [3.8, 4) is 0 Å². The fraction of sp³-hybridized carbons (Fsp3) is 0.308. The van der Waals surface area contributed by atoms with Gasteiger partial charge in [0.15, 0.2) is 4.21 Å². The highest BCUT2D eigenvalue weighted by atomic mass is 32.2. The van der Waals surface area contributed by atoms with Gasteiger partial charge >= 0.3 is 4.87 Å². The van der Waals surface area contributed by atoms with Gasteiger partial charge in [0, 0.05) is 12.2 Å². The first-order valence-electron chi connectivity index (χ1n) is 6.19. The second-order valence-corrected chi connectivity index (χ2v) is 7.37. The molecule has 1 aromatic carbocycles. The first-order chi connectivity index (χ1) is 9.42. The molecule has 1 aromatic heterocycles. The summed E-state index contributed by atoms with van der Waals surface area (Å²) in [6.45, 7) is 3.84. The van der Waals surface area contributed by atoms with Gasteiger partial charge in [-0.3, -0.25) is 4.79 Å². The quantitative estimate of drug-likeness (QED) is 0.883. The summed E-state index contributed by atoms with van der Waals surface area (Å²) < 4.78 is 26.8. The molecule has 0 saturated heterocycles. The van der Waals surface area contributed by atoms with E-state index in [1.165, 1.54) is 5.56 Å². The van der Waals surface area contributed by atoms with E-state index in [0.717, 1.165) is 12.0 Å². The minimum atomic E-state index is -3.65. The van der Waals surface area contributed by atoms with E-state index in [-0.39, 0.29) is 15.6 Å². The van der Waals surface area contributed by atoms with Gasteiger partial charge in [0.25, 0.3) is 10.0 Å². The molecular formula is C13H16N2O3S2. The lowest BCUT2D eigenvalue weighted by Gasteiger charge is -2.06. The molecule has 2 rings (SSSR count). The average molecular weight is 312 g/mol. The Bertz CT molecular complexity index is 743. The molecule has 0 amide bonds. The summed E-state index contributed by atoms with van der Waals surface area (Å²) in [5, 5.41) is 0. The molecule has 0 bridgehead atoms. The third kappa shape index (κ3) is 3.36. The summed E-state index contributed by atoms with van der Waals surface area (Å²) in [5.41, 5.74) is 2.46. The lowest BCUT2D eigenvalue weighted by Crippen LogP contribution is -2.23. The first-order valence-corrected chi connectivity index (χ1v) is 8.49. The van der Waals surface area contributed by atoms with Crippen molar-refractivity contribution < 1.29 is 8.42 Å². The van der Waals surface area contributed by atoms with Crippen LogP contribution in [0.25, 0.3) is 0 Å². The smallest absolute Gasteiger partial charge is 0.305 e. The SMILES string of the molecule is CCc1ccc(CNS(=O)(=O)c2sc(=O)[nH]c2C)cc1. The first kappa shape index (κ1) is 15.0. The topological polar surface area (TPSA) is 79.0 Å². The van der Waals surface area contributed by atoms with Crippen molar-refractivity contribution in [3.63, 3.8) is 0 Å². The zero-order valence-electron chi connectivity index (χ0n) is 11.3. The van der Waals surface area contributed by atoms with Crippen molar-refractivity contribution in [2.24, 2.45) is 0 Å². The van der Waals surface area contributed by atoms with Gasteiger partial charge in [0.05, 0.1) is 0 Å². The van der Waals surface area contributed by atoms with Crippen LogP contribution in [0.5, 0.6) is 0 Å². The van der Waals surface area contributed by atoms with E-state index >= 15 is 0 Å². The van der Waals surface area contributed by atoms with Crippen molar-refractivity contribution in [2.75, 3.05) is 0 Å². The van der Waals surface area contributed by atoms with Crippen LogP contribution in [0, 0.1) is 6.92 Å². The molecule has 0 spiro atoms. The Labute approximate surface area is 121 Å². The van der Waals surface area contributed by atoms with E-state index in [0.29, 0.717) is 17.0 Å². The fourth-order valence-corrected chi connectivity index (χ4v) is 4.14. The molecule has 5 nitrogen and oxygen atoms in total. The van der Waals surface area contributed by atoms with E-state index in [1.807, 2.05) is 24.3 Å². The largest absolute Gasteiger partial charge is 0.315 e. The average Bonchev–Trinajstić information content (AvgIpc) is 2.77.